The van der Waals surface area contributed by atoms with E-state index in [1.54, 1.807) is 24.5 Å². The molecule has 8 nitrogen and oxygen atoms in total. The van der Waals surface area contributed by atoms with Crippen molar-refractivity contribution in [2.75, 3.05) is 19.6 Å². The molecule has 0 spiro atoms. The third-order valence-electron chi connectivity index (χ3n) is 5.99. The van der Waals surface area contributed by atoms with Crippen molar-refractivity contribution in [1.29, 1.82) is 0 Å². The van der Waals surface area contributed by atoms with Gasteiger partial charge in [-0.25, -0.2) is 9.83 Å². The minimum Gasteiger partial charge on any atom is -0.312 e. The maximum absolute atomic E-state index is 13.5. The molecule has 5 rings (SSSR count). The monoisotopic (exact) mass is 425 g/mol. The molecule has 4 heterocycles. The Morgan fingerprint density at radius 1 is 1.03 bits per heavy atom. The number of hydrogen-bond donors (Lipinski definition) is 0. The summed E-state index contributed by atoms with van der Waals surface area (Å²) < 4.78 is 2.04. The Labute approximate surface area is 185 Å². The number of carbonyl (C=O) groups is 1. The molecule has 0 atom stereocenters. The van der Waals surface area contributed by atoms with Crippen molar-refractivity contribution in [1.82, 2.24) is 29.4 Å². The average Bonchev–Trinajstić information content (AvgIpc) is 3.45. The van der Waals surface area contributed by atoms with Crippen LogP contribution in [0.25, 0.3) is 27.4 Å². The zero-order valence-electron chi connectivity index (χ0n) is 17.9. The summed E-state index contributed by atoms with van der Waals surface area (Å²) in [6.45, 7) is 11.5. The summed E-state index contributed by atoms with van der Waals surface area (Å²) in [6, 6.07) is 11.2. The van der Waals surface area contributed by atoms with Crippen molar-refractivity contribution < 1.29 is 4.79 Å². The minimum absolute atomic E-state index is 0.0732. The third-order valence-corrected chi connectivity index (χ3v) is 5.99. The summed E-state index contributed by atoms with van der Waals surface area (Å²) >= 11 is 0. The summed E-state index contributed by atoms with van der Waals surface area (Å²) in [5.74, 6) is 0.638. The molecule has 0 bridgehead atoms. The summed E-state index contributed by atoms with van der Waals surface area (Å²) in [7, 11) is 0. The van der Waals surface area contributed by atoms with Gasteiger partial charge in [0.15, 0.2) is 17.3 Å². The Kier molecular flexibility index (Phi) is 5.25. The van der Waals surface area contributed by atoms with Crippen molar-refractivity contribution in [3.8, 4) is 11.5 Å². The summed E-state index contributed by atoms with van der Waals surface area (Å²) in [5.41, 5.74) is 4.44. The highest BCUT2D eigenvalue weighted by Gasteiger charge is 2.25. The lowest BCUT2D eigenvalue weighted by atomic mass is 10.1. The van der Waals surface area contributed by atoms with Crippen LogP contribution in [0.2, 0.25) is 0 Å². The van der Waals surface area contributed by atoms with Crippen LogP contribution in [-0.2, 0) is 0 Å². The topological polar surface area (TPSA) is 73.2 Å². The molecule has 1 aliphatic rings. The molecule has 1 saturated heterocycles. The van der Waals surface area contributed by atoms with E-state index >= 15 is 0 Å². The Hall–Kier alpha value is -3.83. The van der Waals surface area contributed by atoms with Gasteiger partial charge >= 0.3 is 0 Å². The molecule has 0 amide bonds. The number of aromatic nitrogens is 5. The second-order valence-corrected chi connectivity index (χ2v) is 8.04. The number of piperidine rings is 1. The number of hydrogen-bond acceptors (Lipinski definition) is 5. The predicted molar refractivity (Wildman–Crippen MR) is 122 cm³/mol. The smallest absolute Gasteiger partial charge is 0.187 e. The van der Waals surface area contributed by atoms with Crippen LogP contribution in [0.4, 0.5) is 5.69 Å². The van der Waals surface area contributed by atoms with E-state index in [4.69, 9.17) is 11.6 Å². The molecule has 0 aliphatic carbocycles. The highest BCUT2D eigenvalue weighted by molar-refractivity contribution is 6.09. The van der Waals surface area contributed by atoms with Crippen molar-refractivity contribution in [3.63, 3.8) is 0 Å². The Morgan fingerprint density at radius 3 is 2.44 bits per heavy atom. The number of ketones is 1. The molecule has 1 fully saturated rings. The number of benzene rings is 1. The fraction of sp³-hybridized carbons (Fsp3) is 0.292. The number of likely N-dealkylation sites (tertiary alicyclic amines) is 1. The van der Waals surface area contributed by atoms with Crippen molar-refractivity contribution in [2.24, 2.45) is 0 Å². The highest BCUT2D eigenvalue weighted by Crippen LogP contribution is 2.30. The number of Topliss-reactive ketones (excluding diaryl/α,β-unsaturated/α-hetero) is 1. The normalized spacial score (nSPS) is 14.5. The van der Waals surface area contributed by atoms with Crippen LogP contribution < -0.4 is 0 Å². The second kappa shape index (κ2) is 8.36. The SMILES string of the molecule is [C-]#[N+]c1ccc(-n2c(C)c(C(=O)CN3CCCCC3)c3nc(-n4nccn4)ccc32)cc1. The van der Waals surface area contributed by atoms with Gasteiger partial charge in [0.2, 0.25) is 0 Å². The fourth-order valence-electron chi connectivity index (χ4n) is 4.46. The summed E-state index contributed by atoms with van der Waals surface area (Å²) in [4.78, 5) is 25.5. The molecule has 32 heavy (non-hydrogen) atoms. The molecule has 0 N–H and O–H groups in total. The Morgan fingerprint density at radius 2 is 1.75 bits per heavy atom. The van der Waals surface area contributed by atoms with Gasteiger partial charge in [-0.15, -0.1) is 4.80 Å². The van der Waals surface area contributed by atoms with Crippen molar-refractivity contribution in [2.45, 2.75) is 26.2 Å². The Bertz CT molecular complexity index is 1310. The second-order valence-electron chi connectivity index (χ2n) is 8.04. The van der Waals surface area contributed by atoms with Gasteiger partial charge in [-0.2, -0.15) is 10.2 Å². The first-order valence-electron chi connectivity index (χ1n) is 10.8. The van der Waals surface area contributed by atoms with Gasteiger partial charge in [0.1, 0.15) is 5.52 Å². The van der Waals surface area contributed by atoms with Crippen LogP contribution in [0.1, 0.15) is 35.3 Å². The number of nitrogens with zero attached hydrogens (tertiary/aromatic N) is 7. The van der Waals surface area contributed by atoms with Gasteiger partial charge in [0.25, 0.3) is 0 Å². The lowest BCUT2D eigenvalue weighted by Crippen LogP contribution is -2.34. The molecule has 1 aliphatic heterocycles. The molecule has 3 aromatic heterocycles. The quantitative estimate of drug-likeness (QED) is 0.355. The average molecular weight is 425 g/mol. The van der Waals surface area contributed by atoms with Gasteiger partial charge in [0.05, 0.1) is 36.6 Å². The molecule has 8 heteroatoms. The molecule has 0 unspecified atom stereocenters. The molecule has 160 valence electrons. The van der Waals surface area contributed by atoms with E-state index in [1.165, 1.54) is 11.2 Å². The first kappa shape index (κ1) is 20.1. The van der Waals surface area contributed by atoms with E-state index < -0.39 is 0 Å². The molecular weight excluding hydrogens is 402 g/mol. The predicted octanol–water partition coefficient (Wildman–Crippen LogP) is 4.13. The van der Waals surface area contributed by atoms with Crippen molar-refractivity contribution >= 4 is 22.5 Å². The van der Waals surface area contributed by atoms with E-state index in [1.807, 2.05) is 35.8 Å². The van der Waals surface area contributed by atoms with E-state index in [-0.39, 0.29) is 5.78 Å². The van der Waals surface area contributed by atoms with Gasteiger partial charge in [0, 0.05) is 11.4 Å². The van der Waals surface area contributed by atoms with Crippen LogP contribution in [0, 0.1) is 13.5 Å². The van der Waals surface area contributed by atoms with Gasteiger partial charge in [-0.3, -0.25) is 9.69 Å². The molecule has 4 aromatic rings. The van der Waals surface area contributed by atoms with Gasteiger partial charge in [-0.05, 0) is 57.1 Å². The standard InChI is InChI=1S/C24H23N7O/c1-17-23(21(32)16-29-14-4-3-5-15-29)24-20(10-11-22(28-24)31-26-12-13-27-31)30(17)19-8-6-18(25-2)7-9-19/h6-13H,3-5,14-16H2,1H3. The van der Waals surface area contributed by atoms with Crippen LogP contribution >= 0.6 is 0 Å². The lowest BCUT2D eigenvalue weighted by Gasteiger charge is -2.25. The maximum atomic E-state index is 13.5. The highest BCUT2D eigenvalue weighted by atomic mass is 16.1. The van der Waals surface area contributed by atoms with Gasteiger partial charge < -0.3 is 4.57 Å². The van der Waals surface area contributed by atoms with Crippen LogP contribution in [-0.4, -0.2) is 54.9 Å². The molecular formula is C24H23N7O. The van der Waals surface area contributed by atoms with Crippen molar-refractivity contribution in [3.05, 3.63) is 71.5 Å². The third kappa shape index (κ3) is 3.57. The lowest BCUT2D eigenvalue weighted by molar-refractivity contribution is 0.0916. The summed E-state index contributed by atoms with van der Waals surface area (Å²) in [6.07, 6.45) is 6.70. The van der Waals surface area contributed by atoms with Gasteiger partial charge in [-0.1, -0.05) is 18.6 Å². The Balaban J connectivity index is 1.65. The maximum Gasteiger partial charge on any atom is 0.187 e. The first-order valence-corrected chi connectivity index (χ1v) is 10.8. The van der Waals surface area contributed by atoms with E-state index in [0.29, 0.717) is 29.1 Å². The zero-order chi connectivity index (χ0) is 22.1. The van der Waals surface area contributed by atoms with E-state index in [2.05, 4.69) is 19.9 Å². The first-order chi connectivity index (χ1) is 15.7. The molecule has 0 saturated carbocycles. The number of pyridine rings is 1. The minimum atomic E-state index is 0.0732. The summed E-state index contributed by atoms with van der Waals surface area (Å²) in [5, 5.41) is 8.37. The van der Waals surface area contributed by atoms with E-state index in [9.17, 15) is 4.79 Å². The number of carbonyl (C=O) groups excluding carboxylic acids is 1. The van der Waals surface area contributed by atoms with Crippen LogP contribution in [0.3, 0.4) is 0 Å². The van der Waals surface area contributed by atoms with E-state index in [0.717, 1.165) is 42.8 Å². The molecule has 0 radical (unpaired) electrons. The largest absolute Gasteiger partial charge is 0.312 e. The zero-order valence-corrected chi connectivity index (χ0v) is 17.9. The van der Waals surface area contributed by atoms with Crippen LogP contribution in [0.5, 0.6) is 0 Å². The number of rotatable bonds is 5. The van der Waals surface area contributed by atoms with Crippen LogP contribution in [0.15, 0.2) is 48.8 Å². The molecule has 1 aromatic carbocycles. The fourth-order valence-corrected chi connectivity index (χ4v) is 4.46. The number of fused-ring (bicyclic) bond motifs is 1.